The van der Waals surface area contributed by atoms with Gasteiger partial charge >= 0.3 is 0 Å². The summed E-state index contributed by atoms with van der Waals surface area (Å²) >= 11 is 1.71. The molecule has 0 aliphatic carbocycles. The standard InChI is InChI=1S/C12H22N2OS/c1-11(2,3)10-14-9(8-16-10)7-13-15-12(4,5)6/h8,13H,7H2,1-6H3. The maximum absolute atomic E-state index is 5.44. The van der Waals surface area contributed by atoms with Crippen molar-refractivity contribution in [3.05, 3.63) is 16.1 Å². The molecule has 0 radical (unpaired) electrons. The average molecular weight is 242 g/mol. The van der Waals surface area contributed by atoms with Crippen molar-refractivity contribution in [2.45, 2.75) is 59.1 Å². The maximum atomic E-state index is 5.44. The normalized spacial score (nSPS) is 13.1. The lowest BCUT2D eigenvalue weighted by Gasteiger charge is -2.18. The van der Waals surface area contributed by atoms with Crippen molar-refractivity contribution in [1.29, 1.82) is 0 Å². The number of thiazole rings is 1. The Morgan fingerprint density at radius 3 is 2.31 bits per heavy atom. The van der Waals surface area contributed by atoms with Crippen molar-refractivity contribution in [3.63, 3.8) is 0 Å². The Morgan fingerprint density at radius 2 is 1.88 bits per heavy atom. The topological polar surface area (TPSA) is 34.1 Å². The molecule has 92 valence electrons. The zero-order valence-corrected chi connectivity index (χ0v) is 11.9. The first-order valence-corrected chi connectivity index (χ1v) is 6.42. The second kappa shape index (κ2) is 4.82. The van der Waals surface area contributed by atoms with Gasteiger partial charge in [-0.15, -0.1) is 11.3 Å². The van der Waals surface area contributed by atoms with Gasteiger partial charge in [0.1, 0.15) is 0 Å². The van der Waals surface area contributed by atoms with Crippen LogP contribution in [0.15, 0.2) is 5.38 Å². The Morgan fingerprint density at radius 1 is 1.25 bits per heavy atom. The lowest BCUT2D eigenvalue weighted by atomic mass is 9.98. The molecule has 0 unspecified atom stereocenters. The first kappa shape index (κ1) is 13.6. The maximum Gasteiger partial charge on any atom is 0.0982 e. The number of nitrogens with zero attached hydrogens (tertiary/aromatic N) is 1. The molecule has 0 atom stereocenters. The Labute approximate surface area is 102 Å². The number of nitrogens with one attached hydrogen (secondary N) is 1. The molecule has 1 aromatic heterocycles. The van der Waals surface area contributed by atoms with E-state index in [1.54, 1.807) is 11.3 Å². The van der Waals surface area contributed by atoms with Gasteiger partial charge in [-0.1, -0.05) is 20.8 Å². The van der Waals surface area contributed by atoms with E-state index in [2.05, 4.69) is 36.6 Å². The lowest BCUT2D eigenvalue weighted by Crippen LogP contribution is -2.28. The molecule has 0 saturated heterocycles. The van der Waals surface area contributed by atoms with Gasteiger partial charge in [0.15, 0.2) is 0 Å². The minimum absolute atomic E-state index is 0.133. The third kappa shape index (κ3) is 4.60. The summed E-state index contributed by atoms with van der Waals surface area (Å²) in [4.78, 5) is 10.0. The molecule has 1 aromatic rings. The van der Waals surface area contributed by atoms with E-state index in [0.29, 0.717) is 6.54 Å². The van der Waals surface area contributed by atoms with Crippen LogP contribution in [0.1, 0.15) is 52.2 Å². The van der Waals surface area contributed by atoms with Crippen LogP contribution >= 0.6 is 11.3 Å². The van der Waals surface area contributed by atoms with Gasteiger partial charge in [0.25, 0.3) is 0 Å². The molecular weight excluding hydrogens is 220 g/mol. The Kier molecular flexibility index (Phi) is 4.10. The van der Waals surface area contributed by atoms with Crippen LogP contribution in [0.3, 0.4) is 0 Å². The molecule has 0 fully saturated rings. The smallest absolute Gasteiger partial charge is 0.0982 e. The second-order valence-corrected chi connectivity index (χ2v) is 6.79. The van der Waals surface area contributed by atoms with Crippen molar-refractivity contribution in [3.8, 4) is 0 Å². The van der Waals surface area contributed by atoms with Crippen LogP contribution in [-0.2, 0) is 16.8 Å². The van der Waals surface area contributed by atoms with E-state index in [9.17, 15) is 0 Å². The number of aromatic nitrogens is 1. The minimum atomic E-state index is -0.164. The van der Waals surface area contributed by atoms with Crippen molar-refractivity contribution in [2.24, 2.45) is 0 Å². The van der Waals surface area contributed by atoms with Crippen LogP contribution in [0.5, 0.6) is 0 Å². The molecule has 0 spiro atoms. The van der Waals surface area contributed by atoms with Gasteiger partial charge in [-0.3, -0.25) is 4.84 Å². The van der Waals surface area contributed by atoms with Crippen LogP contribution < -0.4 is 5.48 Å². The predicted octanol–water partition coefficient (Wildman–Crippen LogP) is 3.26. The first-order chi connectivity index (χ1) is 7.18. The van der Waals surface area contributed by atoms with Crippen molar-refractivity contribution < 1.29 is 4.84 Å². The van der Waals surface area contributed by atoms with E-state index < -0.39 is 0 Å². The molecule has 0 saturated carbocycles. The predicted molar refractivity (Wildman–Crippen MR) is 68.5 cm³/mol. The lowest BCUT2D eigenvalue weighted by molar-refractivity contribution is -0.0761. The highest BCUT2D eigenvalue weighted by atomic mass is 32.1. The summed E-state index contributed by atoms with van der Waals surface area (Å²) in [6.07, 6.45) is 0. The highest BCUT2D eigenvalue weighted by Gasteiger charge is 2.18. The molecule has 0 aliphatic rings. The summed E-state index contributed by atoms with van der Waals surface area (Å²) in [6, 6.07) is 0. The van der Waals surface area contributed by atoms with Gasteiger partial charge < -0.3 is 0 Å². The van der Waals surface area contributed by atoms with Crippen molar-refractivity contribution in [2.75, 3.05) is 0 Å². The zero-order chi connectivity index (χ0) is 12.4. The van der Waals surface area contributed by atoms with Gasteiger partial charge in [0.05, 0.1) is 22.8 Å². The molecule has 0 amide bonds. The fourth-order valence-corrected chi connectivity index (χ4v) is 1.97. The molecule has 3 nitrogen and oxygen atoms in total. The van der Waals surface area contributed by atoms with E-state index in [1.165, 1.54) is 5.01 Å². The summed E-state index contributed by atoms with van der Waals surface area (Å²) in [6.45, 7) is 13.2. The monoisotopic (exact) mass is 242 g/mol. The molecular formula is C12H22N2OS. The van der Waals surface area contributed by atoms with Crippen LogP contribution in [-0.4, -0.2) is 10.6 Å². The van der Waals surface area contributed by atoms with E-state index in [4.69, 9.17) is 4.84 Å². The minimum Gasteiger partial charge on any atom is -0.296 e. The molecule has 1 N–H and O–H groups in total. The molecule has 1 heterocycles. The van der Waals surface area contributed by atoms with Gasteiger partial charge in [-0.05, 0) is 20.8 Å². The number of rotatable bonds is 3. The van der Waals surface area contributed by atoms with Crippen molar-refractivity contribution in [1.82, 2.24) is 10.5 Å². The number of hydrogen-bond donors (Lipinski definition) is 1. The van der Waals surface area contributed by atoms with Gasteiger partial charge in [-0.2, -0.15) is 5.48 Å². The van der Waals surface area contributed by atoms with E-state index >= 15 is 0 Å². The number of hydrogen-bond acceptors (Lipinski definition) is 4. The van der Waals surface area contributed by atoms with E-state index in [-0.39, 0.29) is 11.0 Å². The summed E-state index contributed by atoms with van der Waals surface area (Å²) in [5.41, 5.74) is 3.96. The molecule has 0 aromatic carbocycles. The fraction of sp³-hybridized carbons (Fsp3) is 0.750. The summed E-state index contributed by atoms with van der Waals surface area (Å²) in [5.74, 6) is 0. The van der Waals surface area contributed by atoms with Gasteiger partial charge in [0.2, 0.25) is 0 Å². The zero-order valence-electron chi connectivity index (χ0n) is 11.0. The Bertz CT molecular complexity index is 334. The molecule has 16 heavy (non-hydrogen) atoms. The van der Waals surface area contributed by atoms with E-state index in [1.807, 2.05) is 20.8 Å². The average Bonchev–Trinajstić information content (AvgIpc) is 2.49. The van der Waals surface area contributed by atoms with Crippen molar-refractivity contribution >= 4 is 11.3 Å². The fourth-order valence-electron chi connectivity index (χ4n) is 1.06. The molecule has 0 aliphatic heterocycles. The van der Waals surface area contributed by atoms with Gasteiger partial charge in [0, 0.05) is 10.8 Å². The SMILES string of the molecule is CC(C)(C)ONCc1csc(C(C)(C)C)n1. The third-order valence-corrected chi connectivity index (χ3v) is 3.14. The Balaban J connectivity index is 2.48. The summed E-state index contributed by atoms with van der Waals surface area (Å²) in [7, 11) is 0. The van der Waals surface area contributed by atoms with Crippen LogP contribution in [0.4, 0.5) is 0 Å². The Hall–Kier alpha value is -0.450. The molecule has 1 rings (SSSR count). The highest BCUT2D eigenvalue weighted by Crippen LogP contribution is 2.25. The first-order valence-electron chi connectivity index (χ1n) is 5.54. The van der Waals surface area contributed by atoms with Crippen LogP contribution in [0, 0.1) is 0 Å². The molecule has 4 heteroatoms. The quantitative estimate of drug-likeness (QED) is 0.826. The summed E-state index contributed by atoms with van der Waals surface area (Å²) in [5, 5.41) is 3.25. The number of hydroxylamine groups is 1. The van der Waals surface area contributed by atoms with Crippen LogP contribution in [0.25, 0.3) is 0 Å². The van der Waals surface area contributed by atoms with Gasteiger partial charge in [-0.25, -0.2) is 4.98 Å². The largest absolute Gasteiger partial charge is 0.296 e. The van der Waals surface area contributed by atoms with E-state index in [0.717, 1.165) is 5.69 Å². The van der Waals surface area contributed by atoms with Crippen LogP contribution in [0.2, 0.25) is 0 Å². The molecule has 0 bridgehead atoms. The highest BCUT2D eigenvalue weighted by molar-refractivity contribution is 7.09. The second-order valence-electron chi connectivity index (χ2n) is 5.93. The third-order valence-electron chi connectivity index (χ3n) is 1.82. The summed E-state index contributed by atoms with van der Waals surface area (Å²) < 4.78 is 0.